The van der Waals surface area contributed by atoms with Crippen molar-refractivity contribution >= 4 is 17.7 Å². The number of fused-ring (bicyclic) bond motifs is 1. The summed E-state index contributed by atoms with van der Waals surface area (Å²) in [7, 11) is 1.42. The van der Waals surface area contributed by atoms with E-state index in [0.717, 1.165) is 56.4 Å². The Morgan fingerprint density at radius 3 is 2.71 bits per heavy atom. The van der Waals surface area contributed by atoms with Crippen molar-refractivity contribution in [2.24, 2.45) is 0 Å². The molecular formula is C29H40F3N5O4. The molecule has 0 saturated carbocycles. The SMILES string of the molecule is CO[C@H](CF)CN(CCCCc1ccc2c(n1)NCCC2)CC[C@H](NC(=O)C(C)(C)c1ncc(F)cc1F)C(=O)O. The van der Waals surface area contributed by atoms with Gasteiger partial charge in [-0.3, -0.25) is 9.78 Å². The van der Waals surface area contributed by atoms with Crippen LogP contribution in [0.15, 0.2) is 24.4 Å². The van der Waals surface area contributed by atoms with Gasteiger partial charge in [0.05, 0.1) is 23.4 Å². The Morgan fingerprint density at radius 2 is 2.02 bits per heavy atom. The number of aliphatic carboxylic acids is 1. The average molecular weight is 580 g/mol. The van der Waals surface area contributed by atoms with Crippen molar-refractivity contribution in [2.75, 3.05) is 45.3 Å². The highest BCUT2D eigenvalue weighted by Gasteiger charge is 2.36. The Hall–Kier alpha value is -3.25. The van der Waals surface area contributed by atoms with Crippen LogP contribution in [0.5, 0.6) is 0 Å². The predicted molar refractivity (Wildman–Crippen MR) is 149 cm³/mol. The molecule has 0 saturated heterocycles. The molecule has 0 unspecified atom stereocenters. The number of hydrogen-bond donors (Lipinski definition) is 3. The summed E-state index contributed by atoms with van der Waals surface area (Å²) in [6.07, 6.45) is 4.64. The van der Waals surface area contributed by atoms with Gasteiger partial charge in [-0.1, -0.05) is 6.07 Å². The second kappa shape index (κ2) is 15.1. The van der Waals surface area contributed by atoms with Crippen molar-refractivity contribution in [3.8, 4) is 0 Å². The molecule has 0 spiro atoms. The summed E-state index contributed by atoms with van der Waals surface area (Å²) in [6.45, 7) is 4.07. The standard InChI is InChI=1S/C29H40F3N5O4/c1-29(2,25-23(32)15-20(31)17-34-25)28(40)36-24(27(38)39)11-14-37(18-22(16-30)41-3)13-5-4-8-21-10-9-19-7-6-12-33-26(19)35-21/h9-10,15,17,22,24H,4-8,11-14,16,18H2,1-3H3,(H,33,35)(H,36,40)(H,38,39)/t22-,24+/m1/s1. The maximum absolute atomic E-state index is 14.3. The molecule has 1 aliphatic rings. The highest BCUT2D eigenvalue weighted by atomic mass is 19.1. The number of carboxylic acid groups (broad SMARTS) is 1. The van der Waals surface area contributed by atoms with Gasteiger partial charge in [-0.05, 0) is 70.5 Å². The fraction of sp³-hybridized carbons (Fsp3) is 0.586. The minimum atomic E-state index is -1.55. The molecule has 0 radical (unpaired) electrons. The van der Waals surface area contributed by atoms with Crippen LogP contribution in [-0.2, 0) is 32.6 Å². The Balaban J connectivity index is 1.58. The zero-order valence-electron chi connectivity index (χ0n) is 23.9. The average Bonchev–Trinajstić information content (AvgIpc) is 2.94. The maximum Gasteiger partial charge on any atom is 0.326 e. The first kappa shape index (κ1) is 32.3. The number of anilines is 1. The summed E-state index contributed by atoms with van der Waals surface area (Å²) in [6, 6.07) is 3.50. The van der Waals surface area contributed by atoms with E-state index in [9.17, 15) is 27.9 Å². The number of halogens is 3. The number of carboxylic acids is 1. The summed E-state index contributed by atoms with van der Waals surface area (Å²) in [5, 5.41) is 15.6. The van der Waals surface area contributed by atoms with Crippen molar-refractivity contribution in [2.45, 2.75) is 69.9 Å². The number of methoxy groups -OCH3 is 1. The van der Waals surface area contributed by atoms with Gasteiger partial charge in [-0.15, -0.1) is 0 Å². The number of unbranched alkanes of at least 4 members (excludes halogenated alkanes) is 1. The summed E-state index contributed by atoms with van der Waals surface area (Å²) < 4.78 is 46.3. The molecule has 0 bridgehead atoms. The van der Waals surface area contributed by atoms with Crippen molar-refractivity contribution in [3.05, 3.63) is 53.0 Å². The molecule has 9 nitrogen and oxygen atoms in total. The Labute approximate surface area is 238 Å². The number of nitrogens with one attached hydrogen (secondary N) is 2. The van der Waals surface area contributed by atoms with E-state index in [2.05, 4.69) is 21.7 Å². The van der Waals surface area contributed by atoms with Crippen LogP contribution in [0.4, 0.5) is 19.0 Å². The van der Waals surface area contributed by atoms with Crippen LogP contribution in [0, 0.1) is 11.6 Å². The van der Waals surface area contributed by atoms with Gasteiger partial charge >= 0.3 is 5.97 Å². The Morgan fingerprint density at radius 1 is 1.24 bits per heavy atom. The zero-order valence-corrected chi connectivity index (χ0v) is 23.9. The molecule has 3 rings (SSSR count). The number of rotatable bonds is 16. The second-order valence-electron chi connectivity index (χ2n) is 10.9. The molecule has 0 fully saturated rings. The number of alkyl halides is 1. The van der Waals surface area contributed by atoms with Crippen LogP contribution in [0.25, 0.3) is 0 Å². The van der Waals surface area contributed by atoms with Crippen LogP contribution < -0.4 is 10.6 Å². The minimum Gasteiger partial charge on any atom is -0.480 e. The van der Waals surface area contributed by atoms with Crippen LogP contribution in [0.3, 0.4) is 0 Å². The van der Waals surface area contributed by atoms with E-state index >= 15 is 0 Å². The molecule has 3 N–H and O–H groups in total. The number of carbonyl (C=O) groups excluding carboxylic acids is 1. The van der Waals surface area contributed by atoms with E-state index in [1.807, 2.05) is 11.0 Å². The molecule has 2 aromatic rings. The summed E-state index contributed by atoms with van der Waals surface area (Å²) in [5.74, 6) is -2.96. The second-order valence-corrected chi connectivity index (χ2v) is 10.9. The lowest BCUT2D eigenvalue weighted by atomic mass is 9.87. The predicted octanol–water partition coefficient (Wildman–Crippen LogP) is 3.66. The number of hydrogen-bond acceptors (Lipinski definition) is 7. The maximum atomic E-state index is 14.3. The molecule has 12 heteroatoms. The minimum absolute atomic E-state index is 0.0250. The van der Waals surface area contributed by atoms with Crippen molar-refractivity contribution in [1.82, 2.24) is 20.2 Å². The van der Waals surface area contributed by atoms with E-state index in [4.69, 9.17) is 9.72 Å². The third-order valence-corrected chi connectivity index (χ3v) is 7.38. The third kappa shape index (κ3) is 9.12. The fourth-order valence-corrected chi connectivity index (χ4v) is 4.81. The van der Waals surface area contributed by atoms with E-state index in [1.54, 1.807) is 0 Å². The van der Waals surface area contributed by atoms with Gasteiger partial charge in [-0.25, -0.2) is 22.9 Å². The van der Waals surface area contributed by atoms with Gasteiger partial charge in [0.25, 0.3) is 0 Å². The monoisotopic (exact) mass is 579 g/mol. The summed E-state index contributed by atoms with van der Waals surface area (Å²) in [4.78, 5) is 35.4. The Kier molecular flexibility index (Phi) is 11.9. The molecular weight excluding hydrogens is 539 g/mol. The third-order valence-electron chi connectivity index (χ3n) is 7.38. The van der Waals surface area contributed by atoms with Crippen LogP contribution in [-0.4, -0.2) is 84.0 Å². The van der Waals surface area contributed by atoms with Gasteiger partial charge < -0.3 is 25.4 Å². The van der Waals surface area contributed by atoms with E-state index in [0.29, 0.717) is 12.6 Å². The number of nitrogens with zero attached hydrogens (tertiary/aromatic N) is 3. The van der Waals surface area contributed by atoms with E-state index in [-0.39, 0.29) is 25.2 Å². The molecule has 1 aliphatic heterocycles. The lowest BCUT2D eigenvalue weighted by Gasteiger charge is -2.29. The Bertz CT molecular complexity index is 1180. The molecule has 226 valence electrons. The van der Waals surface area contributed by atoms with Crippen LogP contribution in [0.1, 0.15) is 56.5 Å². The molecule has 0 aliphatic carbocycles. The zero-order chi connectivity index (χ0) is 30.0. The lowest BCUT2D eigenvalue weighted by Crippen LogP contribution is -2.50. The summed E-state index contributed by atoms with van der Waals surface area (Å²) >= 11 is 0. The largest absolute Gasteiger partial charge is 0.480 e. The highest BCUT2D eigenvalue weighted by molar-refractivity contribution is 5.90. The lowest BCUT2D eigenvalue weighted by molar-refractivity contribution is -0.143. The highest BCUT2D eigenvalue weighted by Crippen LogP contribution is 2.25. The number of carbonyl (C=O) groups is 2. The van der Waals surface area contributed by atoms with Crippen LogP contribution >= 0.6 is 0 Å². The number of amides is 1. The molecule has 1 amide bonds. The number of aryl methyl sites for hydroxylation is 2. The van der Waals surface area contributed by atoms with E-state index < -0.39 is 47.7 Å². The molecule has 2 aromatic heterocycles. The van der Waals surface area contributed by atoms with Gasteiger partial charge in [0.1, 0.15) is 30.2 Å². The molecule has 41 heavy (non-hydrogen) atoms. The smallest absolute Gasteiger partial charge is 0.326 e. The normalized spacial score (nSPS) is 14.7. The van der Waals surface area contributed by atoms with Crippen molar-refractivity contribution in [3.63, 3.8) is 0 Å². The van der Waals surface area contributed by atoms with Crippen LogP contribution in [0.2, 0.25) is 0 Å². The fourth-order valence-electron chi connectivity index (χ4n) is 4.81. The first-order chi connectivity index (χ1) is 19.5. The number of ether oxygens (including phenoxy) is 1. The molecule has 0 aromatic carbocycles. The number of aromatic nitrogens is 2. The van der Waals surface area contributed by atoms with Crippen molar-refractivity contribution in [1.29, 1.82) is 0 Å². The van der Waals surface area contributed by atoms with Gasteiger partial charge in [0, 0.05) is 38.5 Å². The molecule has 3 heterocycles. The van der Waals surface area contributed by atoms with Crippen molar-refractivity contribution < 1.29 is 32.6 Å². The first-order valence-electron chi connectivity index (χ1n) is 13.9. The van der Waals surface area contributed by atoms with Gasteiger partial charge in [-0.2, -0.15) is 0 Å². The topological polar surface area (TPSA) is 117 Å². The molecule has 2 atom stereocenters. The first-order valence-corrected chi connectivity index (χ1v) is 13.9. The van der Waals surface area contributed by atoms with Gasteiger partial charge in [0.2, 0.25) is 5.91 Å². The van der Waals surface area contributed by atoms with Gasteiger partial charge in [0.15, 0.2) is 0 Å². The summed E-state index contributed by atoms with van der Waals surface area (Å²) in [5.41, 5.74) is 0.371. The van der Waals surface area contributed by atoms with E-state index in [1.165, 1.54) is 26.5 Å². The quantitative estimate of drug-likeness (QED) is 0.258. The number of pyridine rings is 2.